The van der Waals surface area contributed by atoms with Crippen LogP contribution in [0.5, 0.6) is 5.75 Å². The van der Waals surface area contributed by atoms with Gasteiger partial charge in [-0.3, -0.25) is 19.2 Å². The third-order valence-corrected chi connectivity index (χ3v) is 14.3. The lowest BCUT2D eigenvalue weighted by Gasteiger charge is -2.36. The maximum Gasteiger partial charge on any atom is 0.264 e. The molecule has 3 aliphatic rings. The third kappa shape index (κ3) is 7.17. The van der Waals surface area contributed by atoms with E-state index in [0.717, 1.165) is 29.0 Å². The Hall–Kier alpha value is -4.47. The molecule has 0 bridgehead atoms. The van der Waals surface area contributed by atoms with Crippen LogP contribution in [0.2, 0.25) is 18.6 Å². The molecule has 1 saturated heterocycles. The third-order valence-electron chi connectivity index (χ3n) is 11.8. The Morgan fingerprint density at radius 2 is 1.84 bits per heavy atom. The first-order chi connectivity index (χ1) is 26.9. The minimum absolute atomic E-state index is 0.0858. The molecule has 0 aliphatic carbocycles. The molecule has 3 aromatic carbocycles. The maximum absolute atomic E-state index is 16.6. The van der Waals surface area contributed by atoms with Gasteiger partial charge < -0.3 is 34.0 Å². The molecule has 1 spiro atoms. The van der Waals surface area contributed by atoms with Crippen LogP contribution in [-0.4, -0.2) is 91.0 Å². The smallest absolute Gasteiger partial charge is 0.264 e. The molecule has 1 aromatic heterocycles. The van der Waals surface area contributed by atoms with Crippen LogP contribution < -0.4 is 19.9 Å². The number of nitrogens with one attached hydrogen (secondary N) is 1. The van der Waals surface area contributed by atoms with Crippen molar-refractivity contribution in [2.45, 2.75) is 88.4 Å². The van der Waals surface area contributed by atoms with Crippen LogP contribution in [0.1, 0.15) is 61.4 Å². The second kappa shape index (κ2) is 16.2. The number of aliphatic hydroxyl groups excluding tert-OH is 2. The van der Waals surface area contributed by atoms with E-state index >= 15 is 4.11 Å². The van der Waals surface area contributed by atoms with Gasteiger partial charge in [0, 0.05) is 49.1 Å². The van der Waals surface area contributed by atoms with E-state index in [-0.39, 0.29) is 30.9 Å². The molecule has 7 rings (SSSR count). The number of aliphatic hydroxyl groups is 2. The van der Waals surface area contributed by atoms with E-state index < -0.39 is 37.6 Å². The first kappa shape index (κ1) is 39.8. The summed E-state index contributed by atoms with van der Waals surface area (Å²) in [6.45, 7) is 8.62. The van der Waals surface area contributed by atoms with Crippen molar-refractivity contribution in [1.82, 2.24) is 20.3 Å². The molecule has 56 heavy (non-hydrogen) atoms. The number of aromatic nitrogens is 3. The highest BCUT2D eigenvalue weighted by atomic mass is 28.4. The number of fused-ring (bicyclic) bond motifs is 3. The van der Waals surface area contributed by atoms with Gasteiger partial charge >= 0.3 is 0 Å². The fourth-order valence-corrected chi connectivity index (χ4v) is 11.7. The van der Waals surface area contributed by atoms with Crippen molar-refractivity contribution in [3.63, 3.8) is 0 Å². The quantitative estimate of drug-likeness (QED) is 0.0799. The lowest BCUT2D eigenvalue weighted by atomic mass is 9.82. The summed E-state index contributed by atoms with van der Waals surface area (Å²) in [5.41, 5.74) is 3.13. The molecule has 2 unspecified atom stereocenters. The molecule has 12 nitrogen and oxygen atoms in total. The summed E-state index contributed by atoms with van der Waals surface area (Å²) in [6, 6.07) is 20.5. The normalized spacial score (nSPS) is 23.9. The first-order valence-electron chi connectivity index (χ1n) is 19.7. The van der Waals surface area contributed by atoms with Gasteiger partial charge in [0.05, 0.1) is 48.3 Å². The number of unbranched alkanes of at least 4 members (excludes halogenated alkanes) is 1. The molecule has 3 N–H and O–H groups in total. The molecule has 6 atom stereocenters. The Morgan fingerprint density at radius 3 is 2.55 bits per heavy atom. The molecule has 4 heterocycles. The van der Waals surface area contributed by atoms with Crippen LogP contribution in [-0.2, 0) is 32.9 Å². The van der Waals surface area contributed by atoms with Gasteiger partial charge in [-0.25, -0.2) is 0 Å². The van der Waals surface area contributed by atoms with Crippen LogP contribution in [0.3, 0.4) is 0 Å². The molecular formula is C42H53FN6O6Si. The Morgan fingerprint density at radius 1 is 1.07 bits per heavy atom. The van der Waals surface area contributed by atoms with Crippen molar-refractivity contribution in [2.75, 3.05) is 43.2 Å². The van der Waals surface area contributed by atoms with E-state index in [9.17, 15) is 19.8 Å². The summed E-state index contributed by atoms with van der Waals surface area (Å²) in [7, 11) is -1.72. The van der Waals surface area contributed by atoms with E-state index in [0.29, 0.717) is 61.6 Å². The maximum atomic E-state index is 16.6. The molecule has 0 saturated carbocycles. The van der Waals surface area contributed by atoms with Crippen molar-refractivity contribution >= 4 is 37.3 Å². The predicted molar refractivity (Wildman–Crippen MR) is 214 cm³/mol. The van der Waals surface area contributed by atoms with Gasteiger partial charge in [0.15, 0.2) is 5.60 Å². The summed E-state index contributed by atoms with van der Waals surface area (Å²) in [6.07, 6.45) is 3.44. The van der Waals surface area contributed by atoms with E-state index in [1.54, 1.807) is 34.6 Å². The molecule has 2 amide bonds. The van der Waals surface area contributed by atoms with Crippen molar-refractivity contribution < 1.29 is 33.4 Å². The lowest BCUT2D eigenvalue weighted by molar-refractivity contribution is -0.145. The second-order valence-corrected chi connectivity index (χ2v) is 19.5. The number of halogens is 1. The van der Waals surface area contributed by atoms with Gasteiger partial charge in [-0.2, -0.15) is 0 Å². The summed E-state index contributed by atoms with van der Waals surface area (Å²) in [5.74, 6) is -0.508. The average molecular weight is 785 g/mol. The highest BCUT2D eigenvalue weighted by Gasteiger charge is 2.66. The van der Waals surface area contributed by atoms with Gasteiger partial charge in [0.2, 0.25) is 14.3 Å². The van der Waals surface area contributed by atoms with Gasteiger partial charge in [0.1, 0.15) is 5.75 Å². The Labute approximate surface area is 328 Å². The van der Waals surface area contributed by atoms with Crippen LogP contribution in [0.15, 0.2) is 72.9 Å². The lowest BCUT2D eigenvalue weighted by Crippen LogP contribution is -2.49. The number of amides is 2. The number of aryl methyl sites for hydroxylation is 1. The highest BCUT2D eigenvalue weighted by Crippen LogP contribution is 2.60. The van der Waals surface area contributed by atoms with Crippen LogP contribution >= 0.6 is 0 Å². The van der Waals surface area contributed by atoms with Crippen molar-refractivity contribution in [2.24, 2.45) is 5.92 Å². The molecule has 1 fully saturated rings. The number of anilines is 3. The second-order valence-electron chi connectivity index (χ2n) is 15.7. The number of rotatable bonds is 15. The highest BCUT2D eigenvalue weighted by molar-refractivity contribution is 6.72. The molecule has 4 aromatic rings. The molecular weight excluding hydrogens is 732 g/mol. The zero-order chi connectivity index (χ0) is 39.8. The van der Waals surface area contributed by atoms with Crippen LogP contribution in [0, 0.1) is 5.92 Å². The fraction of sp³-hybridized carbons (Fsp3) is 0.476. The molecule has 3 aliphatic heterocycles. The van der Waals surface area contributed by atoms with Gasteiger partial charge in [-0.05, 0) is 99.8 Å². The first-order valence-corrected chi connectivity index (χ1v) is 22.7. The van der Waals surface area contributed by atoms with Gasteiger partial charge in [-0.15, -0.1) is 5.10 Å². The zero-order valence-corrected chi connectivity index (χ0v) is 33.8. The fourth-order valence-electron chi connectivity index (χ4n) is 9.17. The standard InChI is InChI=1S/C42H53FN6O6Si/c1-6-54-31-15-17-36-29(22-31)23-34(44-19-10-11-21-50)40(52)49(36)30-14-16-37-33(24-30)42(41(53)47(37)3)27(2)39(56(4,5)43)38(55-42)18-20-48-25-35(45-46-48)32(26-51)28-12-8-7-9-13-28/h7-9,12-17,22,24-25,27,32,34,38-39,44,50-51H,6,10-11,18-21,23,26H2,1-5H3/t27-,32?,34?,38+,39-,42+/m1/s1. The number of hydrogen-bond donors (Lipinski definition) is 3. The monoisotopic (exact) mass is 784 g/mol. The van der Waals surface area contributed by atoms with Gasteiger partial charge in [-0.1, -0.05) is 42.5 Å². The summed E-state index contributed by atoms with van der Waals surface area (Å²) in [5, 5.41) is 31.6. The van der Waals surface area contributed by atoms with E-state index in [2.05, 4.69) is 15.6 Å². The Bertz CT molecular complexity index is 2040. The van der Waals surface area contributed by atoms with E-state index in [1.165, 1.54) is 0 Å². The van der Waals surface area contributed by atoms with Crippen LogP contribution in [0.4, 0.5) is 21.2 Å². The minimum atomic E-state index is -3.44. The number of nitrogens with zero attached hydrogens (tertiary/aromatic N) is 5. The largest absolute Gasteiger partial charge is 0.494 e. The number of likely N-dealkylation sites (N-methyl/N-ethyl adjacent to an activating group) is 1. The molecule has 0 radical (unpaired) electrons. The van der Waals surface area contributed by atoms with Crippen molar-refractivity contribution in [1.29, 1.82) is 0 Å². The summed E-state index contributed by atoms with van der Waals surface area (Å²) < 4.78 is 31.0. The van der Waals surface area contributed by atoms with E-state index in [1.807, 2.05) is 86.8 Å². The predicted octanol–water partition coefficient (Wildman–Crippen LogP) is 5.59. The molecule has 14 heteroatoms. The van der Waals surface area contributed by atoms with E-state index in [4.69, 9.17) is 9.47 Å². The summed E-state index contributed by atoms with van der Waals surface area (Å²) >= 11 is 0. The van der Waals surface area contributed by atoms with Gasteiger partial charge in [0.25, 0.3) is 5.91 Å². The van der Waals surface area contributed by atoms with Crippen LogP contribution in [0.25, 0.3) is 0 Å². The molecule has 298 valence electrons. The van der Waals surface area contributed by atoms with Crippen molar-refractivity contribution in [3.05, 3.63) is 95.3 Å². The number of carbonyl (C=O) groups excluding carboxylic acids is 2. The summed E-state index contributed by atoms with van der Waals surface area (Å²) in [4.78, 5) is 32.2. The topological polar surface area (TPSA) is 142 Å². The Balaban J connectivity index is 1.22. The number of benzene rings is 3. The Kier molecular flexibility index (Phi) is 11.5. The number of carbonyl (C=O) groups is 2. The van der Waals surface area contributed by atoms with Crippen molar-refractivity contribution in [3.8, 4) is 5.75 Å². The number of hydrogen-bond acceptors (Lipinski definition) is 9. The minimum Gasteiger partial charge on any atom is -0.494 e. The number of ether oxygens (including phenoxy) is 2. The average Bonchev–Trinajstić information content (AvgIpc) is 3.83. The zero-order valence-electron chi connectivity index (χ0n) is 32.8. The SMILES string of the molecule is CCOc1ccc2c(c1)CC(NCCCCO)C(=O)N2c1ccc2c(c1)[C@]1(O[C@@H](CCn3cc(C(CO)c4ccccc4)nn3)[C@H]([Si](C)(C)F)[C@H]1C)C(=O)N2C.